The van der Waals surface area contributed by atoms with Gasteiger partial charge in [0.2, 0.25) is 0 Å². The Balaban J connectivity index is 1.52. The number of carbonyl (C=O) groups excluding carboxylic acids is 1. The van der Waals surface area contributed by atoms with Gasteiger partial charge in [-0.25, -0.2) is 9.37 Å². The molecule has 3 aromatic rings. The van der Waals surface area contributed by atoms with Gasteiger partial charge in [0, 0.05) is 18.5 Å². The molecule has 1 aliphatic rings. The van der Waals surface area contributed by atoms with E-state index in [4.69, 9.17) is 4.42 Å². The summed E-state index contributed by atoms with van der Waals surface area (Å²) >= 11 is 0. The Morgan fingerprint density at radius 3 is 2.84 bits per heavy atom. The lowest BCUT2D eigenvalue weighted by Gasteiger charge is -2.15. The monoisotopic (exact) mass is 340 g/mol. The minimum absolute atomic E-state index is 0.130. The van der Waals surface area contributed by atoms with Crippen LogP contribution in [-0.4, -0.2) is 25.6 Å². The zero-order valence-corrected chi connectivity index (χ0v) is 13.8. The molecule has 0 saturated carbocycles. The van der Waals surface area contributed by atoms with Gasteiger partial charge in [0.25, 0.3) is 5.91 Å². The van der Waals surface area contributed by atoms with Crippen molar-refractivity contribution < 1.29 is 13.6 Å². The van der Waals surface area contributed by atoms with Gasteiger partial charge in [0.1, 0.15) is 11.6 Å². The van der Waals surface area contributed by atoms with Gasteiger partial charge in [0.05, 0.1) is 25.0 Å². The van der Waals surface area contributed by atoms with Crippen LogP contribution in [-0.2, 0) is 26.1 Å². The number of hydrogen-bond acceptors (Lipinski definition) is 4. The number of aryl methyl sites for hydroxylation is 1. The standard InChI is InChI=1S/C18H17FN4O2/c1-2-16-17(20-11-25-16)18(24)22-9-13-7-21-23(15(13)10-22)8-12-3-5-14(19)6-4-12/h3-7,11H,2,8-10H2,1H3. The molecule has 0 fully saturated rings. The lowest BCUT2D eigenvalue weighted by Crippen LogP contribution is -2.27. The Hall–Kier alpha value is -2.96. The van der Waals surface area contributed by atoms with E-state index in [1.807, 2.05) is 11.6 Å². The van der Waals surface area contributed by atoms with Gasteiger partial charge in [-0.2, -0.15) is 5.10 Å². The molecule has 0 unspecified atom stereocenters. The van der Waals surface area contributed by atoms with Crippen LogP contribution in [0, 0.1) is 5.82 Å². The van der Waals surface area contributed by atoms with Crippen molar-refractivity contribution in [2.24, 2.45) is 0 Å². The van der Waals surface area contributed by atoms with Gasteiger partial charge in [-0.3, -0.25) is 9.48 Å². The van der Waals surface area contributed by atoms with E-state index in [0.717, 1.165) is 16.8 Å². The summed E-state index contributed by atoms with van der Waals surface area (Å²) in [6.07, 6.45) is 3.72. The largest absolute Gasteiger partial charge is 0.448 e. The summed E-state index contributed by atoms with van der Waals surface area (Å²) in [4.78, 5) is 18.5. The minimum Gasteiger partial charge on any atom is -0.448 e. The lowest BCUT2D eigenvalue weighted by atomic mass is 10.2. The van der Waals surface area contributed by atoms with Crippen LogP contribution in [0.5, 0.6) is 0 Å². The van der Waals surface area contributed by atoms with Crippen molar-refractivity contribution in [3.8, 4) is 0 Å². The maximum Gasteiger partial charge on any atom is 0.276 e. The van der Waals surface area contributed by atoms with Gasteiger partial charge in [-0.15, -0.1) is 0 Å². The number of benzene rings is 1. The van der Waals surface area contributed by atoms with Crippen LogP contribution in [0.4, 0.5) is 4.39 Å². The Morgan fingerprint density at radius 1 is 1.28 bits per heavy atom. The summed E-state index contributed by atoms with van der Waals surface area (Å²) in [7, 11) is 0. The number of amides is 1. The van der Waals surface area contributed by atoms with E-state index in [-0.39, 0.29) is 11.7 Å². The molecule has 0 bridgehead atoms. The van der Waals surface area contributed by atoms with E-state index < -0.39 is 0 Å². The van der Waals surface area contributed by atoms with Crippen molar-refractivity contribution in [1.29, 1.82) is 0 Å². The average Bonchev–Trinajstić information content (AvgIpc) is 3.32. The first-order valence-electron chi connectivity index (χ1n) is 8.15. The van der Waals surface area contributed by atoms with Crippen LogP contribution in [0.25, 0.3) is 0 Å². The molecule has 1 aliphatic heterocycles. The van der Waals surface area contributed by atoms with Gasteiger partial charge in [-0.1, -0.05) is 19.1 Å². The normalized spacial score (nSPS) is 13.3. The van der Waals surface area contributed by atoms with Gasteiger partial charge < -0.3 is 9.32 Å². The molecule has 128 valence electrons. The fourth-order valence-corrected chi connectivity index (χ4v) is 3.10. The lowest BCUT2D eigenvalue weighted by molar-refractivity contribution is 0.0740. The Labute approximate surface area is 143 Å². The molecule has 1 amide bonds. The molecule has 0 atom stereocenters. The topological polar surface area (TPSA) is 64.2 Å². The van der Waals surface area contributed by atoms with Crippen LogP contribution in [0.15, 0.2) is 41.3 Å². The summed E-state index contributed by atoms with van der Waals surface area (Å²) in [5.74, 6) is 0.217. The molecule has 0 spiro atoms. The molecule has 2 aromatic heterocycles. The zero-order valence-electron chi connectivity index (χ0n) is 13.8. The maximum atomic E-state index is 13.0. The van der Waals surface area contributed by atoms with Crippen LogP contribution >= 0.6 is 0 Å². The van der Waals surface area contributed by atoms with Crippen molar-refractivity contribution in [3.05, 3.63) is 70.9 Å². The third kappa shape index (κ3) is 2.82. The molecule has 0 N–H and O–H groups in total. The van der Waals surface area contributed by atoms with Crippen LogP contribution in [0.2, 0.25) is 0 Å². The predicted octanol–water partition coefficient (Wildman–Crippen LogP) is 2.78. The van der Waals surface area contributed by atoms with E-state index in [0.29, 0.717) is 37.5 Å². The van der Waals surface area contributed by atoms with Gasteiger partial charge in [-0.05, 0) is 17.7 Å². The second-order valence-electron chi connectivity index (χ2n) is 6.04. The third-order valence-electron chi connectivity index (χ3n) is 4.43. The zero-order chi connectivity index (χ0) is 17.4. The van der Waals surface area contributed by atoms with E-state index in [9.17, 15) is 9.18 Å². The van der Waals surface area contributed by atoms with E-state index in [1.165, 1.54) is 18.5 Å². The van der Waals surface area contributed by atoms with E-state index >= 15 is 0 Å². The average molecular weight is 340 g/mol. The first-order valence-corrected chi connectivity index (χ1v) is 8.15. The highest BCUT2D eigenvalue weighted by atomic mass is 19.1. The SMILES string of the molecule is CCc1ocnc1C(=O)N1Cc2cnn(Cc3ccc(F)cc3)c2C1. The van der Waals surface area contributed by atoms with Crippen molar-refractivity contribution in [3.63, 3.8) is 0 Å². The molecule has 1 aromatic carbocycles. The molecule has 0 saturated heterocycles. The molecule has 7 heteroatoms. The van der Waals surface area contributed by atoms with Crippen LogP contribution in [0.3, 0.4) is 0 Å². The number of rotatable bonds is 4. The fraction of sp³-hybridized carbons (Fsp3) is 0.278. The molecule has 4 rings (SSSR count). The van der Waals surface area contributed by atoms with E-state index in [2.05, 4.69) is 10.1 Å². The second kappa shape index (κ2) is 6.16. The smallest absolute Gasteiger partial charge is 0.276 e. The van der Waals surface area contributed by atoms with Crippen molar-refractivity contribution in [1.82, 2.24) is 19.7 Å². The summed E-state index contributed by atoms with van der Waals surface area (Å²) < 4.78 is 20.2. The highest BCUT2D eigenvalue weighted by Crippen LogP contribution is 2.25. The van der Waals surface area contributed by atoms with Crippen molar-refractivity contribution >= 4 is 5.91 Å². The van der Waals surface area contributed by atoms with Crippen LogP contribution in [0.1, 0.15) is 40.0 Å². The van der Waals surface area contributed by atoms with Gasteiger partial charge >= 0.3 is 0 Å². The summed E-state index contributed by atoms with van der Waals surface area (Å²) in [5.41, 5.74) is 3.36. The molecule has 0 aliphatic carbocycles. The predicted molar refractivity (Wildman–Crippen MR) is 87.2 cm³/mol. The number of oxazole rings is 1. The van der Waals surface area contributed by atoms with Crippen molar-refractivity contribution in [2.45, 2.75) is 33.0 Å². The van der Waals surface area contributed by atoms with E-state index in [1.54, 1.807) is 23.2 Å². The number of hydrogen-bond donors (Lipinski definition) is 0. The third-order valence-corrected chi connectivity index (χ3v) is 4.43. The number of halogens is 1. The first-order chi connectivity index (χ1) is 12.2. The molecule has 0 radical (unpaired) electrons. The quantitative estimate of drug-likeness (QED) is 0.733. The maximum absolute atomic E-state index is 13.0. The Morgan fingerprint density at radius 2 is 2.08 bits per heavy atom. The molecule has 6 nitrogen and oxygen atoms in total. The molecule has 25 heavy (non-hydrogen) atoms. The Kier molecular flexibility index (Phi) is 3.83. The van der Waals surface area contributed by atoms with Crippen molar-refractivity contribution in [2.75, 3.05) is 0 Å². The first kappa shape index (κ1) is 15.6. The summed E-state index contributed by atoms with van der Waals surface area (Å²) in [6, 6.07) is 6.35. The fourth-order valence-electron chi connectivity index (χ4n) is 3.10. The number of nitrogens with zero attached hydrogens (tertiary/aromatic N) is 4. The molecular weight excluding hydrogens is 323 g/mol. The molecule has 3 heterocycles. The Bertz CT molecular complexity index is 914. The second-order valence-corrected chi connectivity index (χ2v) is 6.04. The number of fused-ring (bicyclic) bond motifs is 1. The number of carbonyl (C=O) groups is 1. The highest BCUT2D eigenvalue weighted by Gasteiger charge is 2.30. The number of aromatic nitrogens is 3. The summed E-state index contributed by atoms with van der Waals surface area (Å²) in [5, 5.41) is 4.40. The molecular formula is C18H17FN4O2. The minimum atomic E-state index is -0.259. The van der Waals surface area contributed by atoms with Crippen LogP contribution < -0.4 is 0 Å². The highest BCUT2D eigenvalue weighted by molar-refractivity contribution is 5.93. The summed E-state index contributed by atoms with van der Waals surface area (Å²) in [6.45, 7) is 3.46. The van der Waals surface area contributed by atoms with Gasteiger partial charge in [0.15, 0.2) is 12.1 Å².